The predicted molar refractivity (Wildman–Crippen MR) is 94.9 cm³/mol. The van der Waals surface area contributed by atoms with E-state index in [4.69, 9.17) is 9.47 Å². The van der Waals surface area contributed by atoms with Gasteiger partial charge in [-0.05, 0) is 31.5 Å². The maximum atomic E-state index is 13.1. The first-order valence-corrected chi connectivity index (χ1v) is 8.88. The number of esters is 2. The number of ether oxygens (including phenoxy) is 2. The summed E-state index contributed by atoms with van der Waals surface area (Å²) < 4.78 is 36.0. The van der Waals surface area contributed by atoms with Crippen LogP contribution in [0.2, 0.25) is 0 Å². The summed E-state index contributed by atoms with van der Waals surface area (Å²) in [5.41, 5.74) is -0.137. The van der Waals surface area contributed by atoms with E-state index in [1.54, 1.807) is 13.0 Å². The van der Waals surface area contributed by atoms with Crippen molar-refractivity contribution in [2.24, 2.45) is 0 Å². The Morgan fingerprint density at radius 3 is 2.26 bits per heavy atom. The Hall–Kier alpha value is -2.81. The molecule has 0 atom stereocenters. The highest BCUT2D eigenvalue weighted by Gasteiger charge is 2.19. The van der Waals surface area contributed by atoms with E-state index in [2.05, 4.69) is 5.32 Å². The van der Waals surface area contributed by atoms with Gasteiger partial charge in [0.15, 0.2) is 6.61 Å². The van der Waals surface area contributed by atoms with Gasteiger partial charge >= 0.3 is 11.9 Å². The number of carbonyl (C=O) groups excluding carboxylic acids is 3. The predicted octanol–water partition coefficient (Wildman–Crippen LogP) is 3.56. The molecule has 0 aliphatic carbocycles. The van der Waals surface area contributed by atoms with Gasteiger partial charge in [0, 0.05) is 10.9 Å². The van der Waals surface area contributed by atoms with E-state index >= 15 is 0 Å². The SMILES string of the molecule is CCOC(=O)c1cc(CC)sc1NC(=O)COC(=O)c1cc(F)cc(F)c1. The molecule has 0 aliphatic heterocycles. The molecule has 6 nitrogen and oxygen atoms in total. The quantitative estimate of drug-likeness (QED) is 0.723. The molecule has 0 bridgehead atoms. The third-order valence-electron chi connectivity index (χ3n) is 3.31. The van der Waals surface area contributed by atoms with Gasteiger partial charge in [0.1, 0.15) is 16.6 Å². The molecule has 1 heterocycles. The lowest BCUT2D eigenvalue weighted by atomic mass is 10.2. The topological polar surface area (TPSA) is 81.7 Å². The summed E-state index contributed by atoms with van der Waals surface area (Å²) >= 11 is 1.20. The summed E-state index contributed by atoms with van der Waals surface area (Å²) in [5.74, 6) is -4.19. The summed E-state index contributed by atoms with van der Waals surface area (Å²) in [7, 11) is 0. The van der Waals surface area contributed by atoms with Gasteiger partial charge in [-0.1, -0.05) is 6.92 Å². The first-order chi connectivity index (χ1) is 12.8. The zero-order valence-corrected chi connectivity index (χ0v) is 15.5. The second-order valence-corrected chi connectivity index (χ2v) is 6.45. The molecule has 0 aliphatic rings. The van der Waals surface area contributed by atoms with Crippen LogP contribution in [0.1, 0.15) is 39.4 Å². The second-order valence-electron chi connectivity index (χ2n) is 5.31. The van der Waals surface area contributed by atoms with Crippen LogP contribution in [0.5, 0.6) is 0 Å². The molecule has 27 heavy (non-hydrogen) atoms. The van der Waals surface area contributed by atoms with Gasteiger partial charge in [-0.15, -0.1) is 11.3 Å². The van der Waals surface area contributed by atoms with Crippen molar-refractivity contribution in [3.8, 4) is 0 Å². The van der Waals surface area contributed by atoms with Gasteiger partial charge in [-0.25, -0.2) is 18.4 Å². The van der Waals surface area contributed by atoms with Crippen molar-refractivity contribution in [1.82, 2.24) is 0 Å². The maximum Gasteiger partial charge on any atom is 0.341 e. The number of thiophene rings is 1. The van der Waals surface area contributed by atoms with Gasteiger partial charge in [0.2, 0.25) is 0 Å². The van der Waals surface area contributed by atoms with Crippen LogP contribution in [0.4, 0.5) is 13.8 Å². The van der Waals surface area contributed by atoms with Crippen LogP contribution >= 0.6 is 11.3 Å². The normalized spacial score (nSPS) is 10.4. The molecular weight excluding hydrogens is 380 g/mol. The summed E-state index contributed by atoms with van der Waals surface area (Å²) in [6.45, 7) is 3.06. The van der Waals surface area contributed by atoms with E-state index in [0.29, 0.717) is 12.5 Å². The highest BCUT2D eigenvalue weighted by atomic mass is 32.1. The Balaban J connectivity index is 2.02. The molecule has 0 unspecified atom stereocenters. The lowest BCUT2D eigenvalue weighted by Gasteiger charge is -2.07. The van der Waals surface area contributed by atoms with Crippen LogP contribution in [0.15, 0.2) is 24.3 Å². The molecule has 0 saturated heterocycles. The van der Waals surface area contributed by atoms with Crippen molar-refractivity contribution in [3.05, 3.63) is 51.9 Å². The fraction of sp³-hybridized carbons (Fsp3) is 0.278. The Kier molecular flexibility index (Phi) is 7.00. The number of aryl methyl sites for hydroxylation is 1. The highest BCUT2D eigenvalue weighted by Crippen LogP contribution is 2.29. The smallest absolute Gasteiger partial charge is 0.341 e. The standard InChI is InChI=1S/C18H17F2NO5S/c1-3-13-8-14(18(24)25-4-2)16(27-13)21-15(22)9-26-17(23)10-5-11(19)7-12(20)6-10/h5-8H,3-4,9H2,1-2H3,(H,21,22). The van der Waals surface area contributed by atoms with Crippen LogP contribution in [0.25, 0.3) is 0 Å². The maximum absolute atomic E-state index is 13.1. The molecule has 144 valence electrons. The Labute approximate surface area is 158 Å². The second kappa shape index (κ2) is 9.22. The minimum atomic E-state index is -1.05. The molecule has 1 N–H and O–H groups in total. The Morgan fingerprint density at radius 1 is 1.00 bits per heavy atom. The van der Waals surface area contributed by atoms with Crippen molar-refractivity contribution in [3.63, 3.8) is 0 Å². The minimum absolute atomic E-state index is 0.186. The van der Waals surface area contributed by atoms with Gasteiger partial charge < -0.3 is 14.8 Å². The molecule has 1 amide bonds. The summed E-state index contributed by atoms with van der Waals surface area (Å²) in [6.07, 6.45) is 0.660. The number of anilines is 1. The third kappa shape index (κ3) is 5.58. The number of hydrogen-bond acceptors (Lipinski definition) is 6. The number of halogens is 2. The molecule has 2 aromatic rings. The Morgan fingerprint density at radius 2 is 1.67 bits per heavy atom. The largest absolute Gasteiger partial charge is 0.462 e. The zero-order valence-electron chi connectivity index (χ0n) is 14.6. The highest BCUT2D eigenvalue weighted by molar-refractivity contribution is 7.16. The van der Waals surface area contributed by atoms with Crippen molar-refractivity contribution in [1.29, 1.82) is 0 Å². The number of nitrogens with one attached hydrogen (secondary N) is 1. The third-order valence-corrected chi connectivity index (χ3v) is 4.51. The average Bonchev–Trinajstić information content (AvgIpc) is 3.02. The summed E-state index contributed by atoms with van der Waals surface area (Å²) in [5, 5.41) is 2.77. The number of hydrogen-bond donors (Lipinski definition) is 1. The molecule has 1 aromatic carbocycles. The first kappa shape index (κ1) is 20.5. The first-order valence-electron chi connectivity index (χ1n) is 8.06. The van der Waals surface area contributed by atoms with E-state index in [-0.39, 0.29) is 22.7 Å². The van der Waals surface area contributed by atoms with Crippen molar-refractivity contribution in [2.75, 3.05) is 18.5 Å². The number of benzene rings is 1. The van der Waals surface area contributed by atoms with Gasteiger partial charge in [-0.3, -0.25) is 4.79 Å². The van der Waals surface area contributed by atoms with Gasteiger partial charge in [0.25, 0.3) is 5.91 Å². The van der Waals surface area contributed by atoms with Crippen molar-refractivity contribution < 1.29 is 32.6 Å². The molecule has 0 saturated carbocycles. The number of amides is 1. The van der Waals surface area contributed by atoms with E-state index in [1.807, 2.05) is 6.92 Å². The fourth-order valence-electron chi connectivity index (χ4n) is 2.12. The van der Waals surface area contributed by atoms with Crippen LogP contribution < -0.4 is 5.32 Å². The number of carbonyl (C=O) groups is 3. The van der Waals surface area contributed by atoms with Crippen LogP contribution in [0.3, 0.4) is 0 Å². The summed E-state index contributed by atoms with van der Waals surface area (Å²) in [4.78, 5) is 36.7. The summed E-state index contributed by atoms with van der Waals surface area (Å²) in [6, 6.07) is 3.84. The van der Waals surface area contributed by atoms with E-state index in [9.17, 15) is 23.2 Å². The Bertz CT molecular complexity index is 845. The molecule has 2 rings (SSSR count). The van der Waals surface area contributed by atoms with E-state index < -0.39 is 36.1 Å². The fourth-order valence-corrected chi connectivity index (χ4v) is 3.12. The van der Waals surface area contributed by atoms with Crippen LogP contribution in [0, 0.1) is 11.6 Å². The van der Waals surface area contributed by atoms with E-state index in [0.717, 1.165) is 17.0 Å². The molecule has 1 aromatic heterocycles. The zero-order chi connectivity index (χ0) is 20.0. The average molecular weight is 397 g/mol. The number of rotatable bonds is 7. The minimum Gasteiger partial charge on any atom is -0.462 e. The van der Waals surface area contributed by atoms with Crippen LogP contribution in [-0.4, -0.2) is 31.1 Å². The van der Waals surface area contributed by atoms with E-state index in [1.165, 1.54) is 11.3 Å². The molecule has 0 spiro atoms. The lowest BCUT2D eigenvalue weighted by molar-refractivity contribution is -0.119. The van der Waals surface area contributed by atoms with Gasteiger partial charge in [-0.2, -0.15) is 0 Å². The van der Waals surface area contributed by atoms with Gasteiger partial charge in [0.05, 0.1) is 17.7 Å². The molecule has 0 radical (unpaired) electrons. The molecular formula is C18H17F2NO5S. The monoisotopic (exact) mass is 397 g/mol. The van der Waals surface area contributed by atoms with Crippen molar-refractivity contribution >= 4 is 34.2 Å². The lowest BCUT2D eigenvalue weighted by Crippen LogP contribution is -2.21. The molecule has 0 fully saturated rings. The van der Waals surface area contributed by atoms with Crippen LogP contribution in [-0.2, 0) is 20.7 Å². The molecule has 9 heteroatoms. The van der Waals surface area contributed by atoms with Crippen molar-refractivity contribution in [2.45, 2.75) is 20.3 Å².